The van der Waals surface area contributed by atoms with Gasteiger partial charge in [-0.1, -0.05) is 12.1 Å². The van der Waals surface area contributed by atoms with E-state index in [-0.39, 0.29) is 5.91 Å². The molecule has 2 aromatic heterocycles. The summed E-state index contributed by atoms with van der Waals surface area (Å²) in [6.45, 7) is 1.50. The van der Waals surface area contributed by atoms with Gasteiger partial charge in [-0.25, -0.2) is 9.50 Å². The van der Waals surface area contributed by atoms with Crippen LogP contribution in [0.15, 0.2) is 36.4 Å². The van der Waals surface area contributed by atoms with Gasteiger partial charge < -0.3 is 10.1 Å². The molecule has 24 heavy (non-hydrogen) atoms. The van der Waals surface area contributed by atoms with Crippen molar-refractivity contribution in [1.29, 1.82) is 0 Å². The zero-order valence-corrected chi connectivity index (χ0v) is 13.6. The van der Waals surface area contributed by atoms with E-state index in [0.717, 1.165) is 41.3 Å². The van der Waals surface area contributed by atoms with Gasteiger partial charge in [0.25, 0.3) is 0 Å². The first kappa shape index (κ1) is 14.7. The van der Waals surface area contributed by atoms with E-state index < -0.39 is 0 Å². The molecule has 1 aliphatic carbocycles. The number of nitrogens with one attached hydrogen (secondary N) is 1. The van der Waals surface area contributed by atoms with Crippen LogP contribution in [0.4, 0.5) is 5.69 Å². The van der Waals surface area contributed by atoms with Crippen LogP contribution in [0.5, 0.6) is 5.75 Å². The summed E-state index contributed by atoms with van der Waals surface area (Å²) in [4.78, 5) is 15.8. The predicted molar refractivity (Wildman–Crippen MR) is 91.3 cm³/mol. The van der Waals surface area contributed by atoms with Crippen molar-refractivity contribution in [2.75, 3.05) is 12.4 Å². The van der Waals surface area contributed by atoms with E-state index in [2.05, 4.69) is 15.4 Å². The molecule has 0 bridgehead atoms. The van der Waals surface area contributed by atoms with E-state index in [0.29, 0.717) is 11.7 Å². The average Bonchev–Trinajstić information content (AvgIpc) is 3.33. The zero-order valence-electron chi connectivity index (χ0n) is 13.6. The Labute approximate surface area is 139 Å². The number of rotatable bonds is 4. The molecule has 0 atom stereocenters. The van der Waals surface area contributed by atoms with Gasteiger partial charge in [0.15, 0.2) is 17.2 Å². The fourth-order valence-electron chi connectivity index (χ4n) is 2.78. The number of amides is 1. The Morgan fingerprint density at radius 1 is 1.21 bits per heavy atom. The summed E-state index contributed by atoms with van der Waals surface area (Å²) >= 11 is 0. The molecule has 2 heterocycles. The molecule has 4 rings (SSSR count). The highest BCUT2D eigenvalue weighted by molar-refractivity contribution is 5.89. The molecule has 1 saturated carbocycles. The number of benzene rings is 1. The standard InChI is InChI=1S/C18H18N4O2/c1-11(23)19-14-7-5-12(6-8-14)15-9-10-16(24-2)18-20-17(13-3-4-13)21-22(15)18/h5-10,13H,3-4H2,1-2H3,(H,19,23). The average molecular weight is 322 g/mol. The summed E-state index contributed by atoms with van der Waals surface area (Å²) in [6.07, 6.45) is 2.31. The molecule has 1 aromatic carbocycles. The normalized spacial score (nSPS) is 13.9. The van der Waals surface area contributed by atoms with Crippen molar-refractivity contribution in [3.8, 4) is 17.0 Å². The van der Waals surface area contributed by atoms with Gasteiger partial charge in [-0.2, -0.15) is 5.10 Å². The highest BCUT2D eigenvalue weighted by atomic mass is 16.5. The van der Waals surface area contributed by atoms with Crippen LogP contribution in [0.2, 0.25) is 0 Å². The van der Waals surface area contributed by atoms with Gasteiger partial charge >= 0.3 is 0 Å². The molecule has 0 aliphatic heterocycles. The zero-order chi connectivity index (χ0) is 16.7. The van der Waals surface area contributed by atoms with Crippen LogP contribution in [0.25, 0.3) is 16.9 Å². The number of hydrogen-bond acceptors (Lipinski definition) is 4. The Balaban J connectivity index is 1.79. The van der Waals surface area contributed by atoms with E-state index in [1.54, 1.807) is 7.11 Å². The lowest BCUT2D eigenvalue weighted by Crippen LogP contribution is -2.05. The Hall–Kier alpha value is -2.89. The minimum Gasteiger partial charge on any atom is -0.493 e. The summed E-state index contributed by atoms with van der Waals surface area (Å²) in [5.41, 5.74) is 3.46. The van der Waals surface area contributed by atoms with E-state index >= 15 is 0 Å². The molecule has 0 saturated heterocycles. The van der Waals surface area contributed by atoms with Crippen molar-refractivity contribution in [2.24, 2.45) is 0 Å². The quantitative estimate of drug-likeness (QED) is 0.800. The second-order valence-corrected chi connectivity index (χ2v) is 6.03. The van der Waals surface area contributed by atoms with E-state index in [4.69, 9.17) is 4.74 Å². The first-order valence-corrected chi connectivity index (χ1v) is 7.97. The molecule has 6 heteroatoms. The van der Waals surface area contributed by atoms with E-state index in [1.165, 1.54) is 6.92 Å². The van der Waals surface area contributed by atoms with Crippen LogP contribution in [-0.2, 0) is 4.79 Å². The Morgan fingerprint density at radius 3 is 2.58 bits per heavy atom. The van der Waals surface area contributed by atoms with Crippen LogP contribution in [0, 0.1) is 0 Å². The van der Waals surface area contributed by atoms with Crippen molar-refractivity contribution >= 4 is 17.2 Å². The SMILES string of the molecule is COc1ccc(-c2ccc(NC(C)=O)cc2)n2nc(C3CC3)nc12. The summed E-state index contributed by atoms with van der Waals surface area (Å²) in [7, 11) is 1.64. The van der Waals surface area contributed by atoms with Gasteiger partial charge in [-0.05, 0) is 37.1 Å². The fourth-order valence-corrected chi connectivity index (χ4v) is 2.78. The maximum absolute atomic E-state index is 11.1. The van der Waals surface area contributed by atoms with Crippen LogP contribution >= 0.6 is 0 Å². The summed E-state index contributed by atoms with van der Waals surface area (Å²) < 4.78 is 7.27. The first-order valence-electron chi connectivity index (χ1n) is 7.97. The number of anilines is 1. The lowest BCUT2D eigenvalue weighted by Gasteiger charge is -2.08. The third-order valence-electron chi connectivity index (χ3n) is 4.13. The summed E-state index contributed by atoms with van der Waals surface area (Å²) in [5, 5.41) is 7.46. The van der Waals surface area contributed by atoms with Gasteiger partial charge in [-0.15, -0.1) is 0 Å². The molecule has 1 fully saturated rings. The Bertz CT molecular complexity index is 911. The van der Waals surface area contributed by atoms with Gasteiger partial charge in [0.05, 0.1) is 12.8 Å². The number of aromatic nitrogens is 3. The number of carbonyl (C=O) groups excluding carboxylic acids is 1. The minimum absolute atomic E-state index is 0.0834. The van der Waals surface area contributed by atoms with Gasteiger partial charge in [-0.3, -0.25) is 4.79 Å². The predicted octanol–water partition coefficient (Wildman–Crippen LogP) is 3.24. The second kappa shape index (κ2) is 5.63. The molecule has 0 unspecified atom stereocenters. The second-order valence-electron chi connectivity index (χ2n) is 6.03. The number of ether oxygens (including phenoxy) is 1. The molecule has 1 N–H and O–H groups in total. The first-order chi connectivity index (χ1) is 11.7. The highest BCUT2D eigenvalue weighted by Gasteiger charge is 2.29. The van der Waals surface area contributed by atoms with Crippen LogP contribution < -0.4 is 10.1 Å². The highest BCUT2D eigenvalue weighted by Crippen LogP contribution is 2.39. The lowest BCUT2D eigenvalue weighted by molar-refractivity contribution is -0.114. The minimum atomic E-state index is -0.0834. The molecule has 0 spiro atoms. The molecule has 122 valence electrons. The maximum Gasteiger partial charge on any atom is 0.221 e. The largest absolute Gasteiger partial charge is 0.493 e. The van der Waals surface area contributed by atoms with Crippen molar-refractivity contribution in [1.82, 2.24) is 14.6 Å². The number of carbonyl (C=O) groups is 1. The van der Waals surface area contributed by atoms with Gasteiger partial charge in [0.2, 0.25) is 5.91 Å². The lowest BCUT2D eigenvalue weighted by atomic mass is 10.1. The molecule has 3 aromatic rings. The number of hydrogen-bond donors (Lipinski definition) is 1. The van der Waals surface area contributed by atoms with Gasteiger partial charge in [0.1, 0.15) is 0 Å². The summed E-state index contributed by atoms with van der Waals surface area (Å²) in [5.74, 6) is 1.99. The molecule has 1 amide bonds. The van der Waals surface area contributed by atoms with Crippen molar-refractivity contribution in [3.63, 3.8) is 0 Å². The monoisotopic (exact) mass is 322 g/mol. The fraction of sp³-hybridized carbons (Fsp3) is 0.278. The number of fused-ring (bicyclic) bond motifs is 1. The molecule has 0 radical (unpaired) electrons. The third kappa shape index (κ3) is 2.60. The van der Waals surface area contributed by atoms with Crippen molar-refractivity contribution in [2.45, 2.75) is 25.7 Å². The Morgan fingerprint density at radius 2 is 1.96 bits per heavy atom. The van der Waals surface area contributed by atoms with Crippen LogP contribution in [0.1, 0.15) is 31.5 Å². The topological polar surface area (TPSA) is 68.5 Å². The van der Waals surface area contributed by atoms with Crippen molar-refractivity contribution in [3.05, 3.63) is 42.2 Å². The molecule has 1 aliphatic rings. The van der Waals surface area contributed by atoms with Crippen LogP contribution in [-0.4, -0.2) is 27.6 Å². The smallest absolute Gasteiger partial charge is 0.221 e. The number of pyridine rings is 1. The number of nitrogens with zero attached hydrogens (tertiary/aromatic N) is 3. The van der Waals surface area contributed by atoms with Crippen LogP contribution in [0.3, 0.4) is 0 Å². The Kier molecular flexibility index (Phi) is 3.45. The molecule has 6 nitrogen and oxygen atoms in total. The van der Waals surface area contributed by atoms with Gasteiger partial charge in [0, 0.05) is 24.1 Å². The maximum atomic E-state index is 11.1. The molecular formula is C18H18N4O2. The third-order valence-corrected chi connectivity index (χ3v) is 4.13. The summed E-state index contributed by atoms with van der Waals surface area (Å²) in [6, 6.07) is 11.6. The van der Waals surface area contributed by atoms with E-state index in [1.807, 2.05) is 40.9 Å². The van der Waals surface area contributed by atoms with E-state index in [9.17, 15) is 4.79 Å². The van der Waals surface area contributed by atoms with Crippen molar-refractivity contribution < 1.29 is 9.53 Å². The molecular weight excluding hydrogens is 304 g/mol. The number of methoxy groups -OCH3 is 1.